The van der Waals surface area contributed by atoms with Gasteiger partial charge in [0.1, 0.15) is 16.7 Å². The molecule has 2 unspecified atom stereocenters. The maximum Gasteiger partial charge on any atom is 0.263 e. The topological polar surface area (TPSA) is 82.5 Å². The van der Waals surface area contributed by atoms with Crippen LogP contribution in [0.2, 0.25) is 0 Å². The Morgan fingerprint density at radius 3 is 2.74 bits per heavy atom. The Balaban J connectivity index is 1.68. The summed E-state index contributed by atoms with van der Waals surface area (Å²) in [6.07, 6.45) is 2.95. The van der Waals surface area contributed by atoms with Gasteiger partial charge in [-0.1, -0.05) is 6.92 Å². The van der Waals surface area contributed by atoms with Gasteiger partial charge in [-0.15, -0.1) is 11.3 Å². The number of carbonyl (C=O) groups excluding carboxylic acids is 1. The minimum atomic E-state index is -0.712. The van der Waals surface area contributed by atoms with E-state index in [1.165, 1.54) is 16.6 Å². The number of hydrogen-bond donors (Lipinski definition) is 1. The summed E-state index contributed by atoms with van der Waals surface area (Å²) in [4.78, 5) is 33.2. The molecule has 1 aliphatic carbocycles. The molecule has 2 heterocycles. The van der Waals surface area contributed by atoms with Crippen LogP contribution in [0.15, 0.2) is 23.0 Å². The monoisotopic (exact) mass is 441 g/mol. The van der Waals surface area contributed by atoms with Crippen LogP contribution in [0.5, 0.6) is 11.5 Å². The third-order valence-electron chi connectivity index (χ3n) is 5.96. The van der Waals surface area contributed by atoms with Crippen molar-refractivity contribution in [1.29, 1.82) is 0 Å². The van der Waals surface area contributed by atoms with E-state index in [1.54, 1.807) is 50.5 Å². The number of hydrogen-bond acceptors (Lipinski definition) is 6. The van der Waals surface area contributed by atoms with Crippen LogP contribution in [0.1, 0.15) is 42.6 Å². The summed E-state index contributed by atoms with van der Waals surface area (Å²) in [5.74, 6) is 1.96. The number of benzene rings is 1. The van der Waals surface area contributed by atoms with E-state index in [0.717, 1.165) is 29.7 Å². The Labute approximate surface area is 185 Å². The Morgan fingerprint density at radius 1 is 1.29 bits per heavy atom. The number of methoxy groups -OCH3 is 2. The lowest BCUT2D eigenvalue weighted by Crippen LogP contribution is -2.34. The second-order valence-electron chi connectivity index (χ2n) is 8.10. The molecule has 1 aliphatic rings. The number of rotatable bonds is 5. The average Bonchev–Trinajstić information content (AvgIpc) is 3.10. The van der Waals surface area contributed by atoms with Gasteiger partial charge in [-0.05, 0) is 56.7 Å². The molecule has 0 bridgehead atoms. The van der Waals surface area contributed by atoms with Crippen molar-refractivity contribution in [2.45, 2.75) is 46.1 Å². The van der Waals surface area contributed by atoms with E-state index in [1.807, 2.05) is 0 Å². The number of aryl methyl sites for hydroxylation is 2. The maximum atomic E-state index is 13.5. The predicted molar refractivity (Wildman–Crippen MR) is 123 cm³/mol. The quantitative estimate of drug-likeness (QED) is 0.644. The van der Waals surface area contributed by atoms with E-state index < -0.39 is 6.04 Å². The third-order valence-corrected chi connectivity index (χ3v) is 7.10. The van der Waals surface area contributed by atoms with Crippen LogP contribution in [0.3, 0.4) is 0 Å². The first-order valence-electron chi connectivity index (χ1n) is 10.4. The fourth-order valence-corrected chi connectivity index (χ4v) is 5.66. The van der Waals surface area contributed by atoms with E-state index in [2.05, 4.69) is 12.2 Å². The Hall–Kier alpha value is -2.87. The number of nitrogens with one attached hydrogen (secondary N) is 1. The standard InChI is InChI=1S/C23H27N3O4S/c1-12-6-8-16-19(10-12)31-22-20(16)23(28)26(14(3)24-22)13(2)21(27)25-15-7-9-17(29-4)18(11-15)30-5/h7,9,11-13H,6,8,10H2,1-5H3,(H,25,27). The minimum absolute atomic E-state index is 0.135. The van der Waals surface area contributed by atoms with Gasteiger partial charge in [0.2, 0.25) is 5.91 Å². The molecule has 164 valence electrons. The molecule has 31 heavy (non-hydrogen) atoms. The Bertz CT molecular complexity index is 1210. The zero-order valence-electron chi connectivity index (χ0n) is 18.4. The zero-order chi connectivity index (χ0) is 22.3. The average molecular weight is 442 g/mol. The van der Waals surface area contributed by atoms with Crippen molar-refractivity contribution in [2.75, 3.05) is 19.5 Å². The van der Waals surface area contributed by atoms with Crippen LogP contribution >= 0.6 is 11.3 Å². The first-order valence-corrected chi connectivity index (χ1v) is 11.2. The first-order chi connectivity index (χ1) is 14.8. The first kappa shape index (κ1) is 21.4. The molecule has 2 aromatic heterocycles. The largest absolute Gasteiger partial charge is 0.493 e. The highest BCUT2D eigenvalue weighted by Crippen LogP contribution is 2.36. The molecular formula is C23H27N3O4S. The highest BCUT2D eigenvalue weighted by Gasteiger charge is 2.26. The van der Waals surface area contributed by atoms with Gasteiger partial charge in [-0.2, -0.15) is 0 Å². The summed E-state index contributed by atoms with van der Waals surface area (Å²) in [6.45, 7) is 5.74. The molecule has 0 aliphatic heterocycles. The van der Waals surface area contributed by atoms with Crippen LogP contribution in [0.25, 0.3) is 10.2 Å². The lowest BCUT2D eigenvalue weighted by atomic mass is 9.89. The second kappa shape index (κ2) is 8.34. The molecule has 0 radical (unpaired) electrons. The van der Waals surface area contributed by atoms with E-state index in [4.69, 9.17) is 14.5 Å². The van der Waals surface area contributed by atoms with Crippen LogP contribution in [0.4, 0.5) is 5.69 Å². The lowest BCUT2D eigenvalue weighted by Gasteiger charge is -2.19. The van der Waals surface area contributed by atoms with Crippen LogP contribution in [-0.4, -0.2) is 29.7 Å². The SMILES string of the molecule is COc1ccc(NC(=O)C(C)n2c(C)nc3sc4c(c3c2=O)CCC(C)C4)cc1OC. The van der Waals surface area contributed by atoms with Crippen molar-refractivity contribution in [2.24, 2.45) is 5.92 Å². The molecule has 0 saturated heterocycles. The van der Waals surface area contributed by atoms with E-state index in [-0.39, 0.29) is 11.5 Å². The Kier molecular flexibility index (Phi) is 5.75. The van der Waals surface area contributed by atoms with E-state index in [0.29, 0.717) is 34.3 Å². The van der Waals surface area contributed by atoms with E-state index >= 15 is 0 Å². The van der Waals surface area contributed by atoms with Gasteiger partial charge in [-0.3, -0.25) is 14.2 Å². The highest BCUT2D eigenvalue weighted by atomic mass is 32.1. The van der Waals surface area contributed by atoms with Gasteiger partial charge in [0, 0.05) is 16.6 Å². The fraction of sp³-hybridized carbons (Fsp3) is 0.435. The van der Waals surface area contributed by atoms with Crippen LogP contribution < -0.4 is 20.3 Å². The van der Waals surface area contributed by atoms with Crippen molar-refractivity contribution in [3.8, 4) is 11.5 Å². The fourth-order valence-electron chi connectivity index (χ4n) is 4.24. The number of ether oxygens (including phenoxy) is 2. The Morgan fingerprint density at radius 2 is 2.03 bits per heavy atom. The molecule has 7 nitrogen and oxygen atoms in total. The van der Waals surface area contributed by atoms with Gasteiger partial charge < -0.3 is 14.8 Å². The molecule has 4 rings (SSSR count). The number of amides is 1. The van der Waals surface area contributed by atoms with Crippen LogP contribution in [0, 0.1) is 12.8 Å². The lowest BCUT2D eigenvalue weighted by molar-refractivity contribution is -0.118. The van der Waals surface area contributed by atoms with Gasteiger partial charge in [-0.25, -0.2) is 4.98 Å². The molecule has 1 aromatic carbocycles. The van der Waals surface area contributed by atoms with Crippen molar-refractivity contribution in [3.63, 3.8) is 0 Å². The van der Waals surface area contributed by atoms with Gasteiger partial charge in [0.25, 0.3) is 5.56 Å². The third kappa shape index (κ3) is 3.80. The number of carbonyl (C=O) groups is 1. The van der Waals surface area contributed by atoms with Crippen molar-refractivity contribution >= 4 is 33.1 Å². The van der Waals surface area contributed by atoms with Crippen LogP contribution in [-0.2, 0) is 17.6 Å². The molecule has 0 saturated carbocycles. The molecule has 0 fully saturated rings. The maximum absolute atomic E-state index is 13.5. The molecule has 2 atom stereocenters. The van der Waals surface area contributed by atoms with Gasteiger partial charge >= 0.3 is 0 Å². The highest BCUT2D eigenvalue weighted by molar-refractivity contribution is 7.18. The van der Waals surface area contributed by atoms with Crippen molar-refractivity contribution in [1.82, 2.24) is 9.55 Å². The number of anilines is 1. The molecule has 0 spiro atoms. The summed E-state index contributed by atoms with van der Waals surface area (Å²) in [5.41, 5.74) is 1.55. The molecule has 3 aromatic rings. The summed E-state index contributed by atoms with van der Waals surface area (Å²) in [6, 6.07) is 4.44. The number of aromatic nitrogens is 2. The predicted octanol–water partition coefficient (Wildman–Crippen LogP) is 4.11. The number of fused-ring (bicyclic) bond motifs is 3. The van der Waals surface area contributed by atoms with Gasteiger partial charge in [0.05, 0.1) is 19.6 Å². The molecular weight excluding hydrogens is 414 g/mol. The smallest absolute Gasteiger partial charge is 0.263 e. The summed E-state index contributed by atoms with van der Waals surface area (Å²) < 4.78 is 12.0. The number of thiophene rings is 1. The van der Waals surface area contributed by atoms with Gasteiger partial charge in [0.15, 0.2) is 11.5 Å². The van der Waals surface area contributed by atoms with Crippen molar-refractivity contribution < 1.29 is 14.3 Å². The second-order valence-corrected chi connectivity index (χ2v) is 9.18. The summed E-state index contributed by atoms with van der Waals surface area (Å²) >= 11 is 1.62. The minimum Gasteiger partial charge on any atom is -0.493 e. The molecule has 1 amide bonds. The van der Waals surface area contributed by atoms with Crippen molar-refractivity contribution in [3.05, 3.63) is 44.8 Å². The molecule has 8 heteroatoms. The van der Waals surface area contributed by atoms with E-state index in [9.17, 15) is 9.59 Å². The molecule has 1 N–H and O–H groups in total. The number of nitrogens with zero attached hydrogens (tertiary/aromatic N) is 2. The normalized spacial score (nSPS) is 16.6. The zero-order valence-corrected chi connectivity index (χ0v) is 19.3. The summed E-state index contributed by atoms with van der Waals surface area (Å²) in [7, 11) is 3.10. The summed E-state index contributed by atoms with van der Waals surface area (Å²) in [5, 5.41) is 3.55.